The maximum absolute atomic E-state index is 13.0. The molecule has 1 rings (SSSR count). The van der Waals surface area contributed by atoms with Gasteiger partial charge in [-0.05, 0) is 29.6 Å². The molecule has 0 aliphatic carbocycles. The predicted molar refractivity (Wildman–Crippen MR) is 56.1 cm³/mol. The van der Waals surface area contributed by atoms with Crippen molar-refractivity contribution in [3.63, 3.8) is 0 Å². The summed E-state index contributed by atoms with van der Waals surface area (Å²) in [4.78, 5) is 2.48. The van der Waals surface area contributed by atoms with E-state index in [9.17, 15) is 14.6 Å². The number of hydrogen-bond acceptors (Lipinski definition) is 3. The summed E-state index contributed by atoms with van der Waals surface area (Å²) in [5.74, 6) is -0.375. The van der Waals surface area contributed by atoms with E-state index in [0.717, 1.165) is 0 Å². The van der Waals surface area contributed by atoms with Crippen LogP contribution in [0.25, 0.3) is 10.4 Å². The van der Waals surface area contributed by atoms with E-state index in [1.54, 1.807) is 6.92 Å². The summed E-state index contributed by atoms with van der Waals surface area (Å²) < 4.78 is 13.0. The predicted octanol–water partition coefficient (Wildman–Crippen LogP) is 1.84. The minimum atomic E-state index is -1.19. The van der Waals surface area contributed by atoms with E-state index in [-0.39, 0.29) is 12.4 Å². The molecule has 1 aromatic carbocycles. The maximum atomic E-state index is 13.0. The third-order valence-corrected chi connectivity index (χ3v) is 2.22. The van der Waals surface area contributed by atoms with Gasteiger partial charge < -0.3 is 10.2 Å². The highest BCUT2D eigenvalue weighted by molar-refractivity contribution is 5.26. The molecule has 6 heteroatoms. The molecule has 86 valence electrons. The zero-order valence-electron chi connectivity index (χ0n) is 8.71. The lowest BCUT2D eigenvalue weighted by Crippen LogP contribution is -2.21. The third kappa shape index (κ3) is 2.93. The fraction of sp³-hybridized carbons (Fsp3) is 0.400. The number of rotatable bonds is 4. The van der Waals surface area contributed by atoms with Crippen molar-refractivity contribution in [2.45, 2.75) is 19.1 Å². The summed E-state index contributed by atoms with van der Waals surface area (Å²) in [6, 6.07) is 4.04. The van der Waals surface area contributed by atoms with E-state index in [1.807, 2.05) is 0 Å². The van der Waals surface area contributed by atoms with E-state index in [1.165, 1.54) is 18.2 Å². The van der Waals surface area contributed by atoms with Gasteiger partial charge in [-0.25, -0.2) is 4.39 Å². The van der Waals surface area contributed by atoms with Crippen LogP contribution in [0.15, 0.2) is 23.3 Å². The molecule has 2 N–H and O–H groups in total. The van der Waals surface area contributed by atoms with Gasteiger partial charge in [0.05, 0.1) is 12.6 Å². The summed E-state index contributed by atoms with van der Waals surface area (Å²) in [5, 5.41) is 22.3. The number of halogens is 1. The molecule has 0 amide bonds. The maximum Gasteiger partial charge on any atom is 0.126 e. The monoisotopic (exact) mass is 225 g/mol. The molecule has 0 aromatic heterocycles. The zero-order valence-corrected chi connectivity index (χ0v) is 8.71. The van der Waals surface area contributed by atoms with Gasteiger partial charge in [-0.3, -0.25) is 0 Å². The largest absolute Gasteiger partial charge is 0.390 e. The first-order valence-corrected chi connectivity index (χ1v) is 4.69. The van der Waals surface area contributed by atoms with Crippen LogP contribution in [0.5, 0.6) is 0 Å². The lowest BCUT2D eigenvalue weighted by molar-refractivity contribution is 0.0243. The second-order valence-corrected chi connectivity index (χ2v) is 3.43. The van der Waals surface area contributed by atoms with E-state index in [2.05, 4.69) is 10.0 Å². The molecule has 0 aliphatic heterocycles. The highest BCUT2D eigenvalue weighted by atomic mass is 19.1. The van der Waals surface area contributed by atoms with Crippen molar-refractivity contribution in [1.29, 1.82) is 0 Å². The lowest BCUT2D eigenvalue weighted by Gasteiger charge is -2.16. The Labute approximate surface area is 91.8 Å². The van der Waals surface area contributed by atoms with Gasteiger partial charge in [0.25, 0.3) is 0 Å². The van der Waals surface area contributed by atoms with Crippen molar-refractivity contribution < 1.29 is 14.6 Å². The minimum Gasteiger partial charge on any atom is -0.390 e. The smallest absolute Gasteiger partial charge is 0.126 e. The van der Waals surface area contributed by atoms with Crippen LogP contribution < -0.4 is 0 Å². The molecular weight excluding hydrogens is 213 g/mol. The molecule has 5 nitrogen and oxygen atoms in total. The molecule has 0 spiro atoms. The van der Waals surface area contributed by atoms with E-state index >= 15 is 0 Å². The molecule has 0 bridgehead atoms. The Balaban J connectivity index is 2.82. The third-order valence-electron chi connectivity index (χ3n) is 2.22. The van der Waals surface area contributed by atoms with Crippen LogP contribution in [0.4, 0.5) is 4.39 Å². The van der Waals surface area contributed by atoms with E-state index in [4.69, 9.17) is 5.53 Å². The number of benzene rings is 1. The van der Waals surface area contributed by atoms with Crippen LogP contribution in [0.1, 0.15) is 17.2 Å². The normalized spacial score (nSPS) is 14.0. The Bertz CT molecular complexity index is 419. The van der Waals surface area contributed by atoms with Crippen LogP contribution in [0.2, 0.25) is 0 Å². The van der Waals surface area contributed by atoms with Gasteiger partial charge in [-0.1, -0.05) is 17.2 Å². The van der Waals surface area contributed by atoms with Crippen molar-refractivity contribution >= 4 is 0 Å². The highest BCUT2D eigenvalue weighted by Gasteiger charge is 2.18. The van der Waals surface area contributed by atoms with Gasteiger partial charge in [0.15, 0.2) is 0 Å². The highest BCUT2D eigenvalue weighted by Crippen LogP contribution is 2.19. The number of nitrogens with zero attached hydrogens (tertiary/aromatic N) is 3. The van der Waals surface area contributed by atoms with Gasteiger partial charge >= 0.3 is 0 Å². The van der Waals surface area contributed by atoms with Gasteiger partial charge in [0.2, 0.25) is 0 Å². The molecule has 0 aliphatic rings. The second kappa shape index (κ2) is 5.46. The number of aryl methyl sites for hydroxylation is 1. The van der Waals surface area contributed by atoms with Crippen LogP contribution in [0, 0.1) is 12.7 Å². The molecule has 16 heavy (non-hydrogen) atoms. The van der Waals surface area contributed by atoms with E-state index in [0.29, 0.717) is 11.1 Å². The molecule has 0 saturated carbocycles. The standard InChI is InChI=1S/C10H12FN3O2/c1-6-4-7(2-3-8(6)11)10(16)9(15)5-13-14-12/h2-4,9-10,15-16H,5H2,1H3. The SMILES string of the molecule is Cc1cc(C(O)C(O)CN=[N+]=[N-])ccc1F. The Morgan fingerprint density at radius 2 is 2.19 bits per heavy atom. The summed E-state index contributed by atoms with van der Waals surface area (Å²) in [6.45, 7) is 1.33. The molecule has 0 fully saturated rings. The summed E-state index contributed by atoms with van der Waals surface area (Å²) in [6.07, 6.45) is -2.38. The Hall–Kier alpha value is -1.62. The van der Waals surface area contributed by atoms with Gasteiger partial charge in [0.1, 0.15) is 11.9 Å². The first kappa shape index (κ1) is 12.4. The molecule has 2 unspecified atom stereocenters. The van der Waals surface area contributed by atoms with Crippen LogP contribution in [0.3, 0.4) is 0 Å². The Morgan fingerprint density at radius 3 is 2.75 bits per heavy atom. The summed E-state index contributed by atoms with van der Waals surface area (Å²) in [7, 11) is 0. The molecular formula is C10H12FN3O2. The molecule has 2 atom stereocenters. The number of aliphatic hydroxyl groups is 2. The Morgan fingerprint density at radius 1 is 1.50 bits per heavy atom. The fourth-order valence-corrected chi connectivity index (χ4v) is 1.29. The number of aliphatic hydroxyl groups excluding tert-OH is 2. The Kier molecular flexibility index (Phi) is 4.25. The minimum absolute atomic E-state index is 0.228. The van der Waals surface area contributed by atoms with Crippen molar-refractivity contribution in [2.75, 3.05) is 6.54 Å². The van der Waals surface area contributed by atoms with Crippen molar-refractivity contribution in [2.24, 2.45) is 5.11 Å². The first-order valence-electron chi connectivity index (χ1n) is 4.69. The number of hydrogen-bond donors (Lipinski definition) is 2. The van der Waals surface area contributed by atoms with E-state index < -0.39 is 12.2 Å². The van der Waals surface area contributed by atoms with Crippen molar-refractivity contribution in [3.8, 4) is 0 Å². The van der Waals surface area contributed by atoms with Crippen molar-refractivity contribution in [3.05, 3.63) is 45.6 Å². The molecule has 1 aromatic rings. The lowest BCUT2D eigenvalue weighted by atomic mass is 10.0. The van der Waals surface area contributed by atoms with Crippen LogP contribution in [-0.4, -0.2) is 22.9 Å². The van der Waals surface area contributed by atoms with Crippen LogP contribution >= 0.6 is 0 Å². The fourth-order valence-electron chi connectivity index (χ4n) is 1.29. The second-order valence-electron chi connectivity index (χ2n) is 3.43. The van der Waals surface area contributed by atoms with Gasteiger partial charge in [-0.15, -0.1) is 0 Å². The van der Waals surface area contributed by atoms with Gasteiger partial charge in [0, 0.05) is 4.91 Å². The zero-order chi connectivity index (χ0) is 12.1. The van der Waals surface area contributed by atoms with Crippen LogP contribution in [-0.2, 0) is 0 Å². The topological polar surface area (TPSA) is 89.2 Å². The average molecular weight is 225 g/mol. The summed E-state index contributed by atoms with van der Waals surface area (Å²) in [5.41, 5.74) is 8.83. The molecule has 0 saturated heterocycles. The quantitative estimate of drug-likeness (QED) is 0.465. The molecule has 0 radical (unpaired) electrons. The first-order chi connectivity index (χ1) is 7.56. The van der Waals surface area contributed by atoms with Crippen molar-refractivity contribution in [1.82, 2.24) is 0 Å². The average Bonchev–Trinajstić information content (AvgIpc) is 2.28. The number of azide groups is 1. The molecule has 0 heterocycles. The summed E-state index contributed by atoms with van der Waals surface area (Å²) >= 11 is 0. The van der Waals surface area contributed by atoms with Gasteiger partial charge in [-0.2, -0.15) is 0 Å².